The Bertz CT molecular complexity index is 481. The van der Waals surface area contributed by atoms with Crippen molar-refractivity contribution >= 4 is 5.91 Å². The van der Waals surface area contributed by atoms with Gasteiger partial charge in [0.1, 0.15) is 12.4 Å². The van der Waals surface area contributed by atoms with Gasteiger partial charge in [-0.2, -0.15) is 0 Å². The lowest BCUT2D eigenvalue weighted by Crippen LogP contribution is -2.34. The standard InChI is InChI=1S/C16H22N2O2/c19-16-14-5-4-6-15(13(14)7-8-17-16)20-12-11-18-9-2-1-3-10-18/h4-6H,1-3,7-12H2,(H,17,19). The summed E-state index contributed by atoms with van der Waals surface area (Å²) in [4.78, 5) is 14.2. The molecule has 2 aliphatic heterocycles. The predicted octanol–water partition coefficient (Wildman–Crippen LogP) is 1.84. The molecule has 0 aromatic heterocycles. The lowest BCUT2D eigenvalue weighted by Gasteiger charge is -2.26. The molecule has 1 aromatic carbocycles. The quantitative estimate of drug-likeness (QED) is 0.911. The highest BCUT2D eigenvalue weighted by molar-refractivity contribution is 5.97. The number of hydrogen-bond donors (Lipinski definition) is 1. The minimum absolute atomic E-state index is 0.0210. The lowest BCUT2D eigenvalue weighted by atomic mass is 9.99. The molecule has 1 aromatic rings. The second-order valence-corrected chi connectivity index (χ2v) is 5.54. The Morgan fingerprint density at radius 2 is 2.05 bits per heavy atom. The predicted molar refractivity (Wildman–Crippen MR) is 78.3 cm³/mol. The van der Waals surface area contributed by atoms with Crippen molar-refractivity contribution < 1.29 is 9.53 Å². The highest BCUT2D eigenvalue weighted by Gasteiger charge is 2.20. The van der Waals surface area contributed by atoms with Gasteiger partial charge in [0, 0.05) is 24.2 Å². The number of carbonyl (C=O) groups excluding carboxylic acids is 1. The molecule has 1 amide bonds. The molecule has 4 nitrogen and oxygen atoms in total. The van der Waals surface area contributed by atoms with E-state index in [1.165, 1.54) is 32.4 Å². The van der Waals surface area contributed by atoms with Crippen LogP contribution < -0.4 is 10.1 Å². The van der Waals surface area contributed by atoms with Crippen LogP contribution in [-0.4, -0.2) is 43.6 Å². The third-order valence-electron chi connectivity index (χ3n) is 4.15. The number of amides is 1. The summed E-state index contributed by atoms with van der Waals surface area (Å²) in [6, 6.07) is 5.76. The van der Waals surface area contributed by atoms with Gasteiger partial charge in [0.25, 0.3) is 5.91 Å². The first-order chi connectivity index (χ1) is 9.84. The molecule has 0 unspecified atom stereocenters. The normalized spacial score (nSPS) is 19.3. The van der Waals surface area contributed by atoms with Crippen LogP contribution in [0, 0.1) is 0 Å². The maximum atomic E-state index is 11.8. The fourth-order valence-corrected chi connectivity index (χ4v) is 3.04. The number of nitrogens with zero attached hydrogens (tertiary/aromatic N) is 1. The molecule has 1 fully saturated rings. The summed E-state index contributed by atoms with van der Waals surface area (Å²) < 4.78 is 5.93. The van der Waals surface area contributed by atoms with Crippen molar-refractivity contribution in [2.24, 2.45) is 0 Å². The van der Waals surface area contributed by atoms with Gasteiger partial charge < -0.3 is 10.1 Å². The van der Waals surface area contributed by atoms with Crippen molar-refractivity contribution in [1.29, 1.82) is 0 Å². The lowest BCUT2D eigenvalue weighted by molar-refractivity contribution is 0.0944. The molecule has 0 radical (unpaired) electrons. The summed E-state index contributed by atoms with van der Waals surface area (Å²) in [5, 5.41) is 2.87. The van der Waals surface area contributed by atoms with Gasteiger partial charge in [-0.05, 0) is 44.5 Å². The number of piperidine rings is 1. The fraction of sp³-hybridized carbons (Fsp3) is 0.562. The van der Waals surface area contributed by atoms with Gasteiger partial charge in [0.05, 0.1) is 0 Å². The highest BCUT2D eigenvalue weighted by atomic mass is 16.5. The average Bonchev–Trinajstić information content (AvgIpc) is 2.49. The Hall–Kier alpha value is -1.55. The van der Waals surface area contributed by atoms with Crippen LogP contribution in [0.1, 0.15) is 35.2 Å². The zero-order valence-electron chi connectivity index (χ0n) is 11.9. The minimum atomic E-state index is 0.0210. The van der Waals surface area contributed by atoms with Gasteiger partial charge in [-0.15, -0.1) is 0 Å². The van der Waals surface area contributed by atoms with Gasteiger partial charge in [0.2, 0.25) is 0 Å². The summed E-state index contributed by atoms with van der Waals surface area (Å²) in [5.41, 5.74) is 1.83. The van der Waals surface area contributed by atoms with Crippen LogP contribution in [0.2, 0.25) is 0 Å². The maximum absolute atomic E-state index is 11.8. The molecule has 4 heteroatoms. The van der Waals surface area contributed by atoms with Crippen molar-refractivity contribution in [3.63, 3.8) is 0 Å². The Morgan fingerprint density at radius 1 is 1.20 bits per heavy atom. The maximum Gasteiger partial charge on any atom is 0.251 e. The van der Waals surface area contributed by atoms with E-state index in [9.17, 15) is 4.79 Å². The van der Waals surface area contributed by atoms with Gasteiger partial charge in [0.15, 0.2) is 0 Å². The van der Waals surface area contributed by atoms with Gasteiger partial charge in [-0.3, -0.25) is 9.69 Å². The van der Waals surface area contributed by atoms with Gasteiger partial charge in [-0.25, -0.2) is 0 Å². The molecule has 3 rings (SSSR count). The molecule has 2 heterocycles. The molecule has 0 atom stereocenters. The molecule has 2 aliphatic rings. The van der Waals surface area contributed by atoms with Crippen molar-refractivity contribution in [1.82, 2.24) is 10.2 Å². The second kappa shape index (κ2) is 6.27. The van der Waals surface area contributed by atoms with E-state index in [0.29, 0.717) is 13.2 Å². The SMILES string of the molecule is O=C1NCCc2c(OCCN3CCCCC3)cccc21. The molecule has 20 heavy (non-hydrogen) atoms. The van der Waals surface area contributed by atoms with E-state index in [-0.39, 0.29) is 5.91 Å². The number of rotatable bonds is 4. The van der Waals surface area contributed by atoms with Crippen LogP contribution in [0.5, 0.6) is 5.75 Å². The zero-order chi connectivity index (χ0) is 13.8. The van der Waals surface area contributed by atoms with Crippen LogP contribution in [0.3, 0.4) is 0 Å². The first-order valence-electron chi connectivity index (χ1n) is 7.60. The molecule has 108 valence electrons. The van der Waals surface area contributed by atoms with Crippen molar-refractivity contribution in [2.75, 3.05) is 32.8 Å². The topological polar surface area (TPSA) is 41.6 Å². The van der Waals surface area contributed by atoms with E-state index in [2.05, 4.69) is 10.2 Å². The summed E-state index contributed by atoms with van der Waals surface area (Å²) in [6.07, 6.45) is 4.83. The summed E-state index contributed by atoms with van der Waals surface area (Å²) in [6.45, 7) is 4.78. The van der Waals surface area contributed by atoms with E-state index in [1.807, 2.05) is 18.2 Å². The Balaban J connectivity index is 1.60. The van der Waals surface area contributed by atoms with Crippen molar-refractivity contribution in [3.8, 4) is 5.75 Å². The highest BCUT2D eigenvalue weighted by Crippen LogP contribution is 2.25. The molecule has 0 spiro atoms. The van der Waals surface area contributed by atoms with Gasteiger partial charge >= 0.3 is 0 Å². The van der Waals surface area contributed by atoms with Crippen LogP contribution in [-0.2, 0) is 6.42 Å². The van der Waals surface area contributed by atoms with Crippen LogP contribution >= 0.6 is 0 Å². The minimum Gasteiger partial charge on any atom is -0.492 e. The van der Waals surface area contributed by atoms with Crippen LogP contribution in [0.4, 0.5) is 0 Å². The number of fused-ring (bicyclic) bond motifs is 1. The summed E-state index contributed by atoms with van der Waals surface area (Å²) in [5.74, 6) is 0.905. The monoisotopic (exact) mass is 274 g/mol. The number of benzene rings is 1. The largest absolute Gasteiger partial charge is 0.492 e. The number of nitrogens with one attached hydrogen (secondary N) is 1. The average molecular weight is 274 g/mol. The molecule has 1 N–H and O–H groups in total. The number of ether oxygens (including phenoxy) is 1. The zero-order valence-corrected chi connectivity index (χ0v) is 11.9. The Kier molecular flexibility index (Phi) is 4.21. The number of hydrogen-bond acceptors (Lipinski definition) is 3. The molecule has 1 saturated heterocycles. The third-order valence-corrected chi connectivity index (χ3v) is 4.15. The molecular formula is C16H22N2O2. The first-order valence-corrected chi connectivity index (χ1v) is 7.60. The van der Waals surface area contributed by atoms with Crippen LogP contribution in [0.15, 0.2) is 18.2 Å². The van der Waals surface area contributed by atoms with E-state index >= 15 is 0 Å². The second-order valence-electron chi connectivity index (χ2n) is 5.54. The molecular weight excluding hydrogens is 252 g/mol. The van der Waals surface area contributed by atoms with Gasteiger partial charge in [-0.1, -0.05) is 12.5 Å². The van der Waals surface area contributed by atoms with E-state index in [1.54, 1.807) is 0 Å². The fourth-order valence-electron chi connectivity index (χ4n) is 3.04. The Labute approximate surface area is 120 Å². The van der Waals surface area contributed by atoms with Crippen LogP contribution in [0.25, 0.3) is 0 Å². The molecule has 0 aliphatic carbocycles. The third kappa shape index (κ3) is 2.96. The van der Waals surface area contributed by atoms with E-state index < -0.39 is 0 Å². The number of carbonyl (C=O) groups is 1. The molecule has 0 bridgehead atoms. The Morgan fingerprint density at radius 3 is 2.90 bits per heavy atom. The summed E-state index contributed by atoms with van der Waals surface area (Å²) >= 11 is 0. The first kappa shape index (κ1) is 13.4. The smallest absolute Gasteiger partial charge is 0.251 e. The van der Waals surface area contributed by atoms with E-state index in [0.717, 1.165) is 29.8 Å². The van der Waals surface area contributed by atoms with Crippen molar-refractivity contribution in [3.05, 3.63) is 29.3 Å². The summed E-state index contributed by atoms with van der Waals surface area (Å²) in [7, 11) is 0. The van der Waals surface area contributed by atoms with E-state index in [4.69, 9.17) is 4.74 Å². The number of likely N-dealkylation sites (tertiary alicyclic amines) is 1. The van der Waals surface area contributed by atoms with Crippen molar-refractivity contribution in [2.45, 2.75) is 25.7 Å². The molecule has 0 saturated carbocycles.